The molecule has 0 spiro atoms. The number of nitrogens with one attached hydrogen (secondary N) is 1. The van der Waals surface area contributed by atoms with Crippen LogP contribution in [0.25, 0.3) is 0 Å². The number of unbranched alkanes of at least 4 members (excludes halogenated alkanes) is 2. The van der Waals surface area contributed by atoms with Crippen molar-refractivity contribution in [1.29, 1.82) is 0 Å². The van der Waals surface area contributed by atoms with E-state index in [2.05, 4.69) is 33.0 Å². The van der Waals surface area contributed by atoms with E-state index in [1.54, 1.807) is 12.1 Å². The number of hydrogen-bond acceptors (Lipinski definition) is 4. The van der Waals surface area contributed by atoms with Crippen LogP contribution in [-0.4, -0.2) is 18.4 Å². The van der Waals surface area contributed by atoms with Gasteiger partial charge in [-0.25, -0.2) is 0 Å². The molecule has 0 aliphatic heterocycles. The third kappa shape index (κ3) is 5.67. The van der Waals surface area contributed by atoms with E-state index in [-0.39, 0.29) is 11.3 Å². The van der Waals surface area contributed by atoms with Crippen molar-refractivity contribution in [2.24, 2.45) is 17.1 Å². The monoisotopic (exact) mass is 442 g/mol. The van der Waals surface area contributed by atoms with E-state index in [9.17, 15) is 9.59 Å². The zero-order valence-electron chi connectivity index (χ0n) is 19.0. The van der Waals surface area contributed by atoms with Crippen molar-refractivity contribution in [1.82, 2.24) is 0 Å². The number of thiophene rings is 1. The smallest absolute Gasteiger partial charge is 0.256 e. The number of anilines is 1. The standard InChI is InChI=1S/C25H34N2O3S/c1-5-6-7-13-30-18-10-8-9-16(14-18)23(29)27-24-21(22(26)28)19-12-11-17(25(2,3)4)15-20(19)31-24/h8-10,14,17H,5-7,11-13,15H2,1-4H3,(H2,26,28)(H,27,29). The van der Waals surface area contributed by atoms with Crippen LogP contribution in [0.15, 0.2) is 24.3 Å². The lowest BCUT2D eigenvalue weighted by molar-refractivity contribution is 0.1000. The summed E-state index contributed by atoms with van der Waals surface area (Å²) in [5, 5.41) is 3.51. The molecule has 1 unspecified atom stereocenters. The SMILES string of the molecule is CCCCCOc1cccc(C(=O)Nc2sc3c(c2C(N)=O)CCC(C(C)(C)C)C3)c1. The number of carbonyl (C=O) groups excluding carboxylic acids is 2. The van der Waals surface area contributed by atoms with Crippen LogP contribution in [0.1, 0.15) is 84.5 Å². The predicted octanol–water partition coefficient (Wildman–Crippen LogP) is 5.82. The molecule has 0 saturated heterocycles. The summed E-state index contributed by atoms with van der Waals surface area (Å²) in [4.78, 5) is 26.3. The van der Waals surface area contributed by atoms with Crippen LogP contribution in [0.5, 0.6) is 5.75 Å². The van der Waals surface area contributed by atoms with Crippen molar-refractivity contribution in [3.05, 3.63) is 45.8 Å². The molecule has 168 valence electrons. The molecule has 0 bridgehead atoms. The number of primary amides is 1. The zero-order valence-corrected chi connectivity index (χ0v) is 19.9. The molecule has 1 aromatic heterocycles. The highest BCUT2D eigenvalue weighted by atomic mass is 32.1. The van der Waals surface area contributed by atoms with Gasteiger partial charge in [-0.1, -0.05) is 46.6 Å². The quantitative estimate of drug-likeness (QED) is 0.506. The first-order chi connectivity index (χ1) is 14.7. The van der Waals surface area contributed by atoms with Crippen LogP contribution >= 0.6 is 11.3 Å². The summed E-state index contributed by atoms with van der Waals surface area (Å²) < 4.78 is 5.77. The summed E-state index contributed by atoms with van der Waals surface area (Å²) in [5.74, 6) is 0.490. The minimum atomic E-state index is -0.477. The molecule has 1 aliphatic carbocycles. The van der Waals surface area contributed by atoms with Crippen molar-refractivity contribution in [3.63, 3.8) is 0 Å². The fraction of sp³-hybridized carbons (Fsp3) is 0.520. The van der Waals surface area contributed by atoms with Gasteiger partial charge in [-0.3, -0.25) is 9.59 Å². The van der Waals surface area contributed by atoms with Gasteiger partial charge >= 0.3 is 0 Å². The summed E-state index contributed by atoms with van der Waals surface area (Å²) in [5.41, 5.74) is 7.92. The molecule has 3 N–H and O–H groups in total. The van der Waals surface area contributed by atoms with Gasteiger partial charge in [-0.15, -0.1) is 11.3 Å². The number of carbonyl (C=O) groups is 2. The van der Waals surface area contributed by atoms with E-state index >= 15 is 0 Å². The molecule has 5 nitrogen and oxygen atoms in total. The van der Waals surface area contributed by atoms with Crippen LogP contribution in [0.2, 0.25) is 0 Å². The van der Waals surface area contributed by atoms with Crippen molar-refractivity contribution in [3.8, 4) is 5.75 Å². The van der Waals surface area contributed by atoms with E-state index in [1.807, 2.05) is 12.1 Å². The lowest BCUT2D eigenvalue weighted by atomic mass is 9.72. The fourth-order valence-electron chi connectivity index (χ4n) is 4.12. The maximum atomic E-state index is 12.9. The number of rotatable bonds is 8. The van der Waals surface area contributed by atoms with Gasteiger partial charge in [0.05, 0.1) is 12.2 Å². The fourth-order valence-corrected chi connectivity index (χ4v) is 5.45. The lowest BCUT2D eigenvalue weighted by Gasteiger charge is -2.33. The molecule has 1 atom stereocenters. The van der Waals surface area contributed by atoms with Crippen molar-refractivity contribution >= 4 is 28.2 Å². The van der Waals surface area contributed by atoms with E-state index < -0.39 is 5.91 Å². The van der Waals surface area contributed by atoms with Gasteiger partial charge in [0, 0.05) is 10.4 Å². The Morgan fingerprint density at radius 3 is 2.71 bits per heavy atom. The first-order valence-corrected chi connectivity index (χ1v) is 12.0. The van der Waals surface area contributed by atoms with Gasteiger partial charge in [0.1, 0.15) is 10.8 Å². The van der Waals surface area contributed by atoms with Crippen molar-refractivity contribution in [2.75, 3.05) is 11.9 Å². The van der Waals surface area contributed by atoms with Crippen molar-refractivity contribution < 1.29 is 14.3 Å². The maximum absolute atomic E-state index is 12.9. The molecular weight excluding hydrogens is 408 g/mol. The molecule has 2 amide bonds. The molecule has 3 rings (SSSR count). The van der Waals surface area contributed by atoms with Crippen LogP contribution < -0.4 is 15.8 Å². The van der Waals surface area contributed by atoms with Gasteiger partial charge in [-0.2, -0.15) is 0 Å². The second-order valence-corrected chi connectivity index (χ2v) is 10.5. The minimum Gasteiger partial charge on any atom is -0.494 e. The lowest BCUT2D eigenvalue weighted by Crippen LogP contribution is -2.27. The Balaban J connectivity index is 1.78. The third-order valence-electron chi connectivity index (χ3n) is 6.08. The summed E-state index contributed by atoms with van der Waals surface area (Å²) in [7, 11) is 0. The summed E-state index contributed by atoms with van der Waals surface area (Å²) >= 11 is 1.49. The summed E-state index contributed by atoms with van der Waals surface area (Å²) in [6.07, 6.45) is 6.01. The van der Waals surface area contributed by atoms with Crippen LogP contribution in [-0.2, 0) is 12.8 Å². The molecule has 0 radical (unpaired) electrons. The van der Waals surface area contributed by atoms with Gasteiger partial charge in [0.2, 0.25) is 0 Å². The van der Waals surface area contributed by atoms with Crippen LogP contribution in [0.4, 0.5) is 5.00 Å². The number of benzene rings is 1. The molecule has 0 fully saturated rings. The molecule has 6 heteroatoms. The van der Waals surface area contributed by atoms with E-state index in [0.717, 1.165) is 44.1 Å². The largest absolute Gasteiger partial charge is 0.494 e. The normalized spacial score (nSPS) is 15.9. The topological polar surface area (TPSA) is 81.4 Å². The summed E-state index contributed by atoms with van der Waals surface area (Å²) in [6.45, 7) is 9.55. The van der Waals surface area contributed by atoms with Crippen molar-refractivity contribution in [2.45, 2.75) is 66.2 Å². The second-order valence-electron chi connectivity index (χ2n) is 9.42. The first-order valence-electron chi connectivity index (χ1n) is 11.2. The molecule has 1 aromatic carbocycles. The number of fused-ring (bicyclic) bond motifs is 1. The Hall–Kier alpha value is -2.34. The number of nitrogens with two attached hydrogens (primary N) is 1. The Labute approximate surface area is 189 Å². The number of ether oxygens (including phenoxy) is 1. The Morgan fingerprint density at radius 2 is 2.03 bits per heavy atom. The Morgan fingerprint density at radius 1 is 1.26 bits per heavy atom. The highest BCUT2D eigenvalue weighted by Crippen LogP contribution is 2.44. The number of amides is 2. The average molecular weight is 443 g/mol. The Kier molecular flexibility index (Phi) is 7.42. The number of hydrogen-bond donors (Lipinski definition) is 2. The second kappa shape index (κ2) is 9.86. The molecule has 1 aliphatic rings. The average Bonchev–Trinajstić information content (AvgIpc) is 3.08. The maximum Gasteiger partial charge on any atom is 0.256 e. The van der Waals surface area contributed by atoms with Crippen LogP contribution in [0, 0.1) is 11.3 Å². The van der Waals surface area contributed by atoms with Gasteiger partial charge in [-0.05, 0) is 60.8 Å². The summed E-state index contributed by atoms with van der Waals surface area (Å²) in [6, 6.07) is 7.16. The highest BCUT2D eigenvalue weighted by Gasteiger charge is 2.33. The Bertz CT molecular complexity index is 943. The van der Waals surface area contributed by atoms with Gasteiger partial charge in [0.25, 0.3) is 11.8 Å². The third-order valence-corrected chi connectivity index (χ3v) is 7.25. The predicted molar refractivity (Wildman–Crippen MR) is 127 cm³/mol. The molecule has 31 heavy (non-hydrogen) atoms. The molecular formula is C25H34N2O3S. The van der Waals surface area contributed by atoms with Gasteiger partial charge in [0.15, 0.2) is 0 Å². The zero-order chi connectivity index (χ0) is 22.6. The van der Waals surface area contributed by atoms with E-state index in [0.29, 0.717) is 34.4 Å². The van der Waals surface area contributed by atoms with E-state index in [1.165, 1.54) is 16.2 Å². The molecule has 0 saturated carbocycles. The van der Waals surface area contributed by atoms with E-state index in [4.69, 9.17) is 10.5 Å². The molecule has 2 aromatic rings. The minimum absolute atomic E-state index is 0.204. The highest BCUT2D eigenvalue weighted by molar-refractivity contribution is 7.17. The molecule has 1 heterocycles. The van der Waals surface area contributed by atoms with Crippen LogP contribution in [0.3, 0.4) is 0 Å². The van der Waals surface area contributed by atoms with Gasteiger partial charge < -0.3 is 15.8 Å². The first kappa shape index (κ1) is 23.3.